The summed E-state index contributed by atoms with van der Waals surface area (Å²) in [6.45, 7) is 3.87. The number of nitrogens with one attached hydrogen (secondary N) is 1. The van der Waals surface area contributed by atoms with Crippen LogP contribution >= 0.6 is 0 Å². The van der Waals surface area contributed by atoms with Crippen molar-refractivity contribution in [2.24, 2.45) is 0 Å². The van der Waals surface area contributed by atoms with Crippen molar-refractivity contribution in [3.8, 4) is 5.75 Å². The summed E-state index contributed by atoms with van der Waals surface area (Å²) < 4.78 is 10.9. The smallest absolute Gasteiger partial charge is 0.322 e. The van der Waals surface area contributed by atoms with Crippen molar-refractivity contribution >= 4 is 23.3 Å². The first-order valence-electron chi connectivity index (χ1n) is 8.29. The third-order valence-electron chi connectivity index (χ3n) is 4.41. The summed E-state index contributed by atoms with van der Waals surface area (Å²) >= 11 is 0. The van der Waals surface area contributed by atoms with Gasteiger partial charge in [0.2, 0.25) is 0 Å². The molecule has 2 aliphatic heterocycles. The molecular weight excluding hydrogens is 310 g/mol. The van der Waals surface area contributed by atoms with Crippen LogP contribution in [0.15, 0.2) is 18.2 Å². The van der Waals surface area contributed by atoms with Crippen molar-refractivity contribution in [2.45, 2.75) is 25.8 Å². The molecule has 1 saturated heterocycles. The molecule has 130 valence electrons. The van der Waals surface area contributed by atoms with E-state index in [0.717, 1.165) is 12.8 Å². The molecule has 2 heterocycles. The molecule has 0 saturated carbocycles. The minimum atomic E-state index is -0.137. The van der Waals surface area contributed by atoms with E-state index < -0.39 is 0 Å². The average molecular weight is 333 g/mol. The summed E-state index contributed by atoms with van der Waals surface area (Å²) in [6.07, 6.45) is 1.92. The maximum atomic E-state index is 12.6. The van der Waals surface area contributed by atoms with Gasteiger partial charge in [-0.1, -0.05) is 13.3 Å². The third-order valence-corrected chi connectivity index (χ3v) is 4.41. The lowest BCUT2D eigenvalue weighted by Gasteiger charge is -2.35. The van der Waals surface area contributed by atoms with Crippen molar-refractivity contribution in [3.05, 3.63) is 18.2 Å². The van der Waals surface area contributed by atoms with Crippen LogP contribution in [0.5, 0.6) is 5.75 Å². The van der Waals surface area contributed by atoms with Crippen molar-refractivity contribution in [1.82, 2.24) is 4.90 Å². The molecule has 1 aromatic carbocycles. The van der Waals surface area contributed by atoms with Crippen molar-refractivity contribution in [1.29, 1.82) is 0 Å². The van der Waals surface area contributed by atoms with Gasteiger partial charge in [-0.2, -0.15) is 0 Å². The van der Waals surface area contributed by atoms with Crippen molar-refractivity contribution in [2.75, 3.05) is 43.6 Å². The second-order valence-electron chi connectivity index (χ2n) is 6.06. The molecule has 1 aromatic rings. The Kier molecular flexibility index (Phi) is 4.89. The van der Waals surface area contributed by atoms with E-state index in [0.29, 0.717) is 36.9 Å². The van der Waals surface area contributed by atoms with Gasteiger partial charge in [-0.15, -0.1) is 0 Å². The number of nitrogens with zero attached hydrogens (tertiary/aromatic N) is 2. The summed E-state index contributed by atoms with van der Waals surface area (Å²) in [4.78, 5) is 27.7. The van der Waals surface area contributed by atoms with E-state index in [9.17, 15) is 9.59 Å². The van der Waals surface area contributed by atoms with Crippen LogP contribution in [-0.2, 0) is 9.53 Å². The van der Waals surface area contributed by atoms with Crippen LogP contribution < -0.4 is 15.0 Å². The predicted molar refractivity (Wildman–Crippen MR) is 90.6 cm³/mol. The number of amides is 3. The summed E-state index contributed by atoms with van der Waals surface area (Å²) in [5.74, 6) is 0.535. The summed E-state index contributed by atoms with van der Waals surface area (Å²) in [6, 6.07) is 5.29. The van der Waals surface area contributed by atoms with E-state index in [1.165, 1.54) is 0 Å². The molecule has 1 fully saturated rings. The minimum absolute atomic E-state index is 0.0433. The van der Waals surface area contributed by atoms with Crippen LogP contribution in [0.4, 0.5) is 16.2 Å². The minimum Gasteiger partial charge on any atom is -0.482 e. The van der Waals surface area contributed by atoms with Gasteiger partial charge in [0.05, 0.1) is 24.9 Å². The first-order valence-corrected chi connectivity index (χ1v) is 8.29. The molecule has 0 bridgehead atoms. The average Bonchev–Trinajstić information content (AvgIpc) is 2.59. The predicted octanol–water partition coefficient (Wildman–Crippen LogP) is 2.07. The van der Waals surface area contributed by atoms with E-state index in [2.05, 4.69) is 12.2 Å². The van der Waals surface area contributed by atoms with Crippen LogP contribution in [0.1, 0.15) is 19.8 Å². The highest BCUT2D eigenvalue weighted by molar-refractivity contribution is 5.99. The number of carbonyl (C=O) groups is 2. The summed E-state index contributed by atoms with van der Waals surface area (Å²) in [5, 5.41) is 2.92. The zero-order valence-electron chi connectivity index (χ0n) is 14.1. The Morgan fingerprint density at radius 1 is 1.42 bits per heavy atom. The largest absolute Gasteiger partial charge is 0.482 e. The molecule has 24 heavy (non-hydrogen) atoms. The van der Waals surface area contributed by atoms with Gasteiger partial charge >= 0.3 is 6.03 Å². The molecule has 0 aromatic heterocycles. The number of ether oxygens (including phenoxy) is 2. The quantitative estimate of drug-likeness (QED) is 0.919. The lowest BCUT2D eigenvalue weighted by Crippen LogP contribution is -2.50. The van der Waals surface area contributed by atoms with Crippen LogP contribution in [0.25, 0.3) is 0 Å². The number of fused-ring (bicyclic) bond motifs is 1. The number of carbonyl (C=O) groups excluding carboxylic acids is 2. The molecule has 3 amide bonds. The van der Waals surface area contributed by atoms with E-state index in [1.807, 2.05) is 4.90 Å². The zero-order valence-corrected chi connectivity index (χ0v) is 14.1. The molecule has 0 radical (unpaired) electrons. The summed E-state index contributed by atoms with van der Waals surface area (Å²) in [5.41, 5.74) is 1.31. The lowest BCUT2D eigenvalue weighted by molar-refractivity contribution is -0.120. The highest BCUT2D eigenvalue weighted by atomic mass is 16.5. The van der Waals surface area contributed by atoms with E-state index >= 15 is 0 Å². The van der Waals surface area contributed by atoms with E-state index in [1.54, 1.807) is 30.1 Å². The maximum absolute atomic E-state index is 12.6. The Bertz CT molecular complexity index is 632. The number of morpholine rings is 1. The second-order valence-corrected chi connectivity index (χ2v) is 6.06. The van der Waals surface area contributed by atoms with Crippen LogP contribution in [0.2, 0.25) is 0 Å². The highest BCUT2D eigenvalue weighted by Gasteiger charge is 2.27. The Hall–Kier alpha value is -2.28. The molecule has 3 rings (SSSR count). The molecule has 1 N–H and O–H groups in total. The van der Waals surface area contributed by atoms with Crippen molar-refractivity contribution < 1.29 is 19.1 Å². The van der Waals surface area contributed by atoms with Crippen LogP contribution in [0, 0.1) is 0 Å². The second kappa shape index (κ2) is 7.09. The van der Waals surface area contributed by atoms with Gasteiger partial charge < -0.3 is 24.6 Å². The fourth-order valence-corrected chi connectivity index (χ4v) is 3.04. The molecule has 0 spiro atoms. The standard InChI is InChI=1S/C17H23N3O4/c1-3-4-13-10-23-8-7-20(13)17(22)18-12-5-6-15-14(9-12)19(2)16(21)11-24-15/h5-6,9,13H,3-4,7-8,10-11H2,1-2H3,(H,18,22)/t13-/m1/s1. The van der Waals surface area contributed by atoms with Gasteiger partial charge in [0, 0.05) is 19.3 Å². The van der Waals surface area contributed by atoms with Crippen LogP contribution in [0.3, 0.4) is 0 Å². The Balaban J connectivity index is 1.73. The SMILES string of the molecule is CCC[C@@H]1COCCN1C(=O)Nc1ccc2c(c1)N(C)C(=O)CO2. The summed E-state index contributed by atoms with van der Waals surface area (Å²) in [7, 11) is 1.70. The Labute approximate surface area is 141 Å². The van der Waals surface area contributed by atoms with Gasteiger partial charge in [-0.25, -0.2) is 4.79 Å². The first-order chi connectivity index (χ1) is 11.6. The Morgan fingerprint density at radius 3 is 3.04 bits per heavy atom. The molecule has 2 aliphatic rings. The molecular formula is C17H23N3O4. The number of rotatable bonds is 3. The molecule has 0 aliphatic carbocycles. The number of benzene rings is 1. The molecule has 1 atom stereocenters. The maximum Gasteiger partial charge on any atom is 0.322 e. The van der Waals surface area contributed by atoms with E-state index in [-0.39, 0.29) is 24.6 Å². The van der Waals surface area contributed by atoms with Gasteiger partial charge in [-0.3, -0.25) is 4.79 Å². The zero-order chi connectivity index (χ0) is 17.1. The van der Waals surface area contributed by atoms with E-state index in [4.69, 9.17) is 9.47 Å². The van der Waals surface area contributed by atoms with Gasteiger partial charge in [0.15, 0.2) is 6.61 Å². The van der Waals surface area contributed by atoms with Crippen molar-refractivity contribution in [3.63, 3.8) is 0 Å². The number of urea groups is 1. The lowest BCUT2D eigenvalue weighted by atomic mass is 10.1. The van der Waals surface area contributed by atoms with Gasteiger partial charge in [0.25, 0.3) is 5.91 Å². The fraction of sp³-hybridized carbons (Fsp3) is 0.529. The highest BCUT2D eigenvalue weighted by Crippen LogP contribution is 2.33. The number of likely N-dealkylation sites (N-methyl/N-ethyl adjacent to an activating group) is 1. The van der Waals surface area contributed by atoms with Gasteiger partial charge in [0.1, 0.15) is 5.75 Å². The van der Waals surface area contributed by atoms with Gasteiger partial charge in [-0.05, 0) is 24.6 Å². The number of hydrogen-bond acceptors (Lipinski definition) is 4. The van der Waals surface area contributed by atoms with Crippen LogP contribution in [-0.4, -0.2) is 56.3 Å². The molecule has 7 nitrogen and oxygen atoms in total. The molecule has 7 heteroatoms. The number of anilines is 2. The topological polar surface area (TPSA) is 71.1 Å². The third kappa shape index (κ3) is 3.31. The Morgan fingerprint density at radius 2 is 2.25 bits per heavy atom. The monoisotopic (exact) mass is 333 g/mol. The normalized spacial score (nSPS) is 20.4. The first kappa shape index (κ1) is 16.6. The fourth-order valence-electron chi connectivity index (χ4n) is 3.04. The number of hydrogen-bond donors (Lipinski definition) is 1. The molecule has 0 unspecified atom stereocenters.